The molecule has 1 unspecified atom stereocenters. The van der Waals surface area contributed by atoms with Gasteiger partial charge in [0.25, 0.3) is 0 Å². The van der Waals surface area contributed by atoms with Gasteiger partial charge in [0, 0.05) is 21.8 Å². The van der Waals surface area contributed by atoms with Gasteiger partial charge in [-0.05, 0) is 50.2 Å². The molecule has 1 aromatic heterocycles. The van der Waals surface area contributed by atoms with Gasteiger partial charge < -0.3 is 5.32 Å². The number of aromatic nitrogens is 3. The molecule has 3 aromatic rings. The van der Waals surface area contributed by atoms with E-state index in [1.807, 2.05) is 12.1 Å². The first-order chi connectivity index (χ1) is 12.9. The van der Waals surface area contributed by atoms with Crippen molar-refractivity contribution in [1.29, 1.82) is 0 Å². The average molecular weight is 401 g/mol. The fourth-order valence-corrected chi connectivity index (χ4v) is 3.16. The Labute approximate surface area is 165 Å². The molecule has 3 rings (SSSR count). The van der Waals surface area contributed by atoms with Crippen molar-refractivity contribution in [3.05, 3.63) is 59.1 Å². The monoisotopic (exact) mass is 400 g/mol. The van der Waals surface area contributed by atoms with Crippen LogP contribution < -0.4 is 5.32 Å². The lowest BCUT2D eigenvalue weighted by atomic mass is 10.1. The summed E-state index contributed by atoms with van der Waals surface area (Å²) in [6.45, 7) is 3.26. The molecule has 0 bridgehead atoms. The van der Waals surface area contributed by atoms with E-state index in [0.717, 1.165) is 5.56 Å². The Morgan fingerprint density at radius 1 is 1.19 bits per heavy atom. The number of nitrogens with one attached hydrogen (secondary N) is 2. The zero-order valence-corrected chi connectivity index (χ0v) is 16.3. The second kappa shape index (κ2) is 8.37. The van der Waals surface area contributed by atoms with Crippen LogP contribution in [0.1, 0.15) is 24.2 Å². The van der Waals surface area contributed by atoms with E-state index >= 15 is 0 Å². The maximum Gasteiger partial charge on any atom is 0.237 e. The number of amides is 1. The Bertz CT molecular complexity index is 972. The molecule has 27 heavy (non-hydrogen) atoms. The second-order valence-corrected chi connectivity index (χ2v) is 7.60. The third-order valence-corrected chi connectivity index (χ3v) is 4.98. The summed E-state index contributed by atoms with van der Waals surface area (Å²) in [5.74, 6) is 0.360. The van der Waals surface area contributed by atoms with E-state index in [1.165, 1.54) is 18.7 Å². The van der Waals surface area contributed by atoms with Gasteiger partial charge >= 0.3 is 0 Å². The summed E-state index contributed by atoms with van der Waals surface area (Å²) in [6, 6.07) is 14.1. The number of thioether (sulfide) groups is 1. The lowest BCUT2D eigenvalue weighted by Crippen LogP contribution is -2.22. The number of aromatic amines is 1. The minimum absolute atomic E-state index is 0.0519. The summed E-state index contributed by atoms with van der Waals surface area (Å²) in [7, 11) is 0. The molecule has 0 spiro atoms. The van der Waals surface area contributed by atoms with Crippen molar-refractivity contribution in [2.45, 2.75) is 24.3 Å². The summed E-state index contributed by atoms with van der Waals surface area (Å²) < 4.78 is 0. The molecule has 0 fully saturated rings. The van der Waals surface area contributed by atoms with Crippen LogP contribution in [0.25, 0.3) is 11.4 Å². The van der Waals surface area contributed by atoms with Crippen molar-refractivity contribution in [3.63, 3.8) is 0 Å². The summed E-state index contributed by atoms with van der Waals surface area (Å²) in [4.78, 5) is 28.3. The standard InChI is InChI=1S/C19H17ClN4O2S/c1-11(25)14-4-3-5-16(10-14)21-18(26)12(2)27-19-22-17(23-24-19)13-6-8-15(20)9-7-13/h3-10,12H,1-2H3,(H,21,26)(H,22,23,24). The van der Waals surface area contributed by atoms with Gasteiger partial charge in [-0.2, -0.15) is 0 Å². The molecule has 0 saturated heterocycles. The Kier molecular flexibility index (Phi) is 5.93. The molecule has 0 aliphatic heterocycles. The number of nitrogens with zero attached hydrogens (tertiary/aromatic N) is 2. The zero-order chi connectivity index (χ0) is 19.4. The lowest BCUT2D eigenvalue weighted by Gasteiger charge is -2.10. The number of rotatable bonds is 6. The number of Topliss-reactive ketones (excluding diaryl/α,β-unsaturated/α-hetero) is 1. The molecule has 8 heteroatoms. The molecule has 1 atom stereocenters. The minimum atomic E-state index is -0.417. The normalized spacial score (nSPS) is 11.8. The highest BCUT2D eigenvalue weighted by Gasteiger charge is 2.18. The molecule has 138 valence electrons. The summed E-state index contributed by atoms with van der Waals surface area (Å²) in [5, 5.41) is 10.5. The molecule has 2 aromatic carbocycles. The van der Waals surface area contributed by atoms with Crippen LogP contribution in [-0.4, -0.2) is 32.1 Å². The van der Waals surface area contributed by atoms with Crippen molar-refractivity contribution >= 4 is 40.7 Å². The predicted octanol–water partition coefficient (Wildman–Crippen LogP) is 4.45. The summed E-state index contributed by atoms with van der Waals surface area (Å²) in [5.41, 5.74) is 1.99. The van der Waals surface area contributed by atoms with Gasteiger partial charge in [0.1, 0.15) is 0 Å². The lowest BCUT2D eigenvalue weighted by molar-refractivity contribution is -0.115. The molecule has 0 saturated carbocycles. The van der Waals surface area contributed by atoms with Gasteiger partial charge in [-0.15, -0.1) is 5.10 Å². The van der Waals surface area contributed by atoms with Gasteiger partial charge in [0.15, 0.2) is 11.6 Å². The first-order valence-electron chi connectivity index (χ1n) is 8.19. The second-order valence-electron chi connectivity index (χ2n) is 5.86. The fourth-order valence-electron chi connectivity index (χ4n) is 2.31. The van der Waals surface area contributed by atoms with Gasteiger partial charge in [0.05, 0.1) is 5.25 Å². The molecule has 1 amide bonds. The van der Waals surface area contributed by atoms with Gasteiger partial charge in [0.2, 0.25) is 11.1 Å². The topological polar surface area (TPSA) is 87.7 Å². The Hall–Kier alpha value is -2.64. The smallest absolute Gasteiger partial charge is 0.237 e. The number of carbonyl (C=O) groups excluding carboxylic acids is 2. The van der Waals surface area contributed by atoms with Gasteiger partial charge in [-0.1, -0.05) is 35.5 Å². The number of anilines is 1. The summed E-state index contributed by atoms with van der Waals surface area (Å²) in [6.07, 6.45) is 0. The first kappa shape index (κ1) is 19.1. The van der Waals surface area contributed by atoms with Crippen molar-refractivity contribution in [3.8, 4) is 11.4 Å². The van der Waals surface area contributed by atoms with Crippen LogP contribution in [0.5, 0.6) is 0 Å². The van der Waals surface area contributed by atoms with Crippen molar-refractivity contribution in [2.24, 2.45) is 0 Å². The van der Waals surface area contributed by atoms with Gasteiger partial charge in [-0.3, -0.25) is 14.7 Å². The summed E-state index contributed by atoms with van der Waals surface area (Å²) >= 11 is 7.13. The highest BCUT2D eigenvalue weighted by molar-refractivity contribution is 8.00. The largest absolute Gasteiger partial charge is 0.325 e. The first-order valence-corrected chi connectivity index (χ1v) is 9.45. The molecule has 2 N–H and O–H groups in total. The fraction of sp³-hybridized carbons (Fsp3) is 0.158. The molecule has 0 aliphatic rings. The number of hydrogen-bond acceptors (Lipinski definition) is 5. The number of H-pyrrole nitrogens is 1. The molecule has 6 nitrogen and oxygen atoms in total. The molecule has 0 radical (unpaired) electrons. The van der Waals surface area contributed by atoms with Crippen LogP contribution in [0.3, 0.4) is 0 Å². The Morgan fingerprint density at radius 2 is 1.93 bits per heavy atom. The van der Waals surface area contributed by atoms with E-state index in [1.54, 1.807) is 43.3 Å². The molecule has 0 aliphatic carbocycles. The SMILES string of the molecule is CC(=O)c1cccc(NC(=O)C(C)Sc2n[nH]c(-c3ccc(Cl)cc3)n2)c1. The van der Waals surface area contributed by atoms with E-state index in [9.17, 15) is 9.59 Å². The van der Waals surface area contributed by atoms with E-state index in [4.69, 9.17) is 11.6 Å². The van der Waals surface area contributed by atoms with Crippen LogP contribution in [0, 0.1) is 0 Å². The number of benzene rings is 2. The van der Waals surface area contributed by atoms with Crippen LogP contribution in [-0.2, 0) is 4.79 Å². The third kappa shape index (κ3) is 4.96. The highest BCUT2D eigenvalue weighted by Crippen LogP contribution is 2.24. The number of carbonyl (C=O) groups is 2. The Morgan fingerprint density at radius 3 is 2.63 bits per heavy atom. The van der Waals surface area contributed by atoms with Crippen LogP contribution in [0.2, 0.25) is 5.02 Å². The van der Waals surface area contributed by atoms with Crippen LogP contribution >= 0.6 is 23.4 Å². The molecule has 1 heterocycles. The van der Waals surface area contributed by atoms with E-state index in [-0.39, 0.29) is 11.7 Å². The minimum Gasteiger partial charge on any atom is -0.325 e. The maximum absolute atomic E-state index is 12.4. The van der Waals surface area contributed by atoms with E-state index < -0.39 is 5.25 Å². The number of halogens is 1. The van der Waals surface area contributed by atoms with Gasteiger partial charge in [-0.25, -0.2) is 4.98 Å². The average Bonchev–Trinajstić information content (AvgIpc) is 3.11. The van der Waals surface area contributed by atoms with Crippen molar-refractivity contribution < 1.29 is 9.59 Å². The zero-order valence-electron chi connectivity index (χ0n) is 14.7. The third-order valence-electron chi connectivity index (χ3n) is 3.77. The Balaban J connectivity index is 1.64. The highest BCUT2D eigenvalue weighted by atomic mass is 35.5. The van der Waals surface area contributed by atoms with Crippen molar-refractivity contribution in [2.75, 3.05) is 5.32 Å². The van der Waals surface area contributed by atoms with E-state index in [0.29, 0.717) is 27.3 Å². The van der Waals surface area contributed by atoms with Crippen LogP contribution in [0.15, 0.2) is 53.7 Å². The number of hydrogen-bond donors (Lipinski definition) is 2. The molecular weight excluding hydrogens is 384 g/mol. The van der Waals surface area contributed by atoms with E-state index in [2.05, 4.69) is 20.5 Å². The van der Waals surface area contributed by atoms with Crippen molar-refractivity contribution in [1.82, 2.24) is 15.2 Å². The molecular formula is C19H17ClN4O2S. The quantitative estimate of drug-likeness (QED) is 0.471. The number of ketones is 1. The maximum atomic E-state index is 12.4. The van der Waals surface area contributed by atoms with Crippen LogP contribution in [0.4, 0.5) is 5.69 Å². The predicted molar refractivity (Wildman–Crippen MR) is 107 cm³/mol.